The minimum absolute atomic E-state index is 1.88. The zero-order chi connectivity index (χ0) is 16.9. The number of aromatic carboxylic acids is 2. The smallest absolute Gasteiger partial charge is 0.341 e. The fourth-order valence-corrected chi connectivity index (χ4v) is 1.34. The second kappa shape index (κ2) is 7.16. The third-order valence-corrected chi connectivity index (χ3v) is 2.29. The van der Waals surface area contributed by atoms with Crippen LogP contribution in [0, 0.1) is 23.3 Å². The van der Waals surface area contributed by atoms with Crippen LogP contribution in [0.25, 0.3) is 0 Å². The normalized spacial score (nSPS) is 9.64. The molecule has 0 spiro atoms. The molecule has 2 N–H and O–H groups in total. The van der Waals surface area contributed by atoms with Gasteiger partial charge in [0.25, 0.3) is 0 Å². The number of carbonyl (C=O) groups excluding carboxylic acids is 1. The van der Waals surface area contributed by atoms with Gasteiger partial charge in [0.1, 0.15) is 5.56 Å². The molecule has 0 aliphatic heterocycles. The van der Waals surface area contributed by atoms with Crippen LogP contribution < -0.4 is 10.1 Å². The highest BCUT2D eigenvalue weighted by Gasteiger charge is 2.29. The molecular weight excluding hydrogens is 310 g/mol. The maximum atomic E-state index is 12.9. The van der Waals surface area contributed by atoms with E-state index in [0.29, 0.717) is 0 Å². The first kappa shape index (κ1) is 17.1. The summed E-state index contributed by atoms with van der Waals surface area (Å²) < 4.78 is 51.4. The topological polar surface area (TPSA) is 91.6 Å². The molecule has 0 bridgehead atoms. The number of benzene rings is 1. The van der Waals surface area contributed by atoms with Gasteiger partial charge in [0.05, 0.1) is 11.5 Å². The Morgan fingerprint density at radius 3 is 1.50 bits per heavy atom. The van der Waals surface area contributed by atoms with Gasteiger partial charge in [-0.2, -0.15) is 0 Å². The fourth-order valence-electron chi connectivity index (χ4n) is 1.34. The molecule has 1 aromatic carbocycles. The van der Waals surface area contributed by atoms with Crippen molar-refractivity contribution in [2.75, 3.05) is 0 Å². The van der Waals surface area contributed by atoms with Crippen LogP contribution in [0.3, 0.4) is 0 Å². The van der Waals surface area contributed by atoms with Gasteiger partial charge >= 0.3 is 5.97 Å². The predicted octanol–water partition coefficient (Wildman–Crippen LogP) is 0.805. The van der Waals surface area contributed by atoms with Gasteiger partial charge in [0.2, 0.25) is 0 Å². The Balaban J connectivity index is 0.000000335. The zero-order valence-electron chi connectivity index (χ0n) is 10.6. The molecule has 116 valence electrons. The van der Waals surface area contributed by atoms with Gasteiger partial charge in [-0.15, -0.1) is 0 Å². The van der Waals surface area contributed by atoms with E-state index in [2.05, 4.69) is 4.98 Å². The molecule has 0 atom stereocenters. The number of hydrogen-bond acceptors (Lipinski definition) is 3. The monoisotopic (exact) mass is 317 g/mol. The molecule has 0 saturated carbocycles. The average molecular weight is 317 g/mol. The van der Waals surface area contributed by atoms with Crippen LogP contribution in [0.2, 0.25) is 0 Å². The van der Waals surface area contributed by atoms with Crippen molar-refractivity contribution < 1.29 is 42.3 Å². The Morgan fingerprint density at radius 1 is 0.864 bits per heavy atom. The van der Waals surface area contributed by atoms with Crippen LogP contribution in [0.5, 0.6) is 0 Å². The Hall–Kier alpha value is -2.97. The number of pyridine rings is 1. The lowest BCUT2D eigenvalue weighted by Gasteiger charge is -2.09. The molecule has 1 aromatic heterocycles. The van der Waals surface area contributed by atoms with Gasteiger partial charge in [0, 0.05) is 12.1 Å². The highest BCUT2D eigenvalue weighted by Crippen LogP contribution is 2.23. The Morgan fingerprint density at radius 2 is 1.27 bits per heavy atom. The van der Waals surface area contributed by atoms with E-state index in [1.807, 2.05) is 30.6 Å². The van der Waals surface area contributed by atoms with E-state index < -0.39 is 46.3 Å². The van der Waals surface area contributed by atoms with Crippen molar-refractivity contribution in [3.63, 3.8) is 0 Å². The number of rotatable bonds is 2. The molecule has 0 aliphatic rings. The molecule has 1 heterocycles. The van der Waals surface area contributed by atoms with Crippen LogP contribution in [0.15, 0.2) is 30.6 Å². The number of aromatic nitrogens is 1. The van der Waals surface area contributed by atoms with Gasteiger partial charge in [-0.05, 0) is 0 Å². The number of halogens is 4. The lowest BCUT2D eigenvalue weighted by atomic mass is 10.1. The standard InChI is InChI=1S/C8H2F4O4.C5H5N/c9-3-1(7(13)14)4(10)6(12)2(5(3)11)8(15)16;1-2-4-6-5-3-1/h(H,13,14)(H,15,16);1-5H. The number of carboxylic acids is 2. The van der Waals surface area contributed by atoms with E-state index in [1.54, 1.807) is 0 Å². The highest BCUT2D eigenvalue weighted by atomic mass is 19.2. The summed E-state index contributed by atoms with van der Waals surface area (Å²) in [6.07, 6.45) is 3.75. The summed E-state index contributed by atoms with van der Waals surface area (Å²) in [5.74, 6) is -14.0. The molecular formula is C13H7F4NO4. The lowest BCUT2D eigenvalue weighted by molar-refractivity contribution is -0.377. The number of H-pyrrole nitrogens is 1. The summed E-state index contributed by atoms with van der Waals surface area (Å²) in [5.41, 5.74) is -3.89. The molecule has 0 radical (unpaired) electrons. The molecule has 0 amide bonds. The minimum Gasteiger partial charge on any atom is -0.545 e. The summed E-state index contributed by atoms with van der Waals surface area (Å²) in [6.45, 7) is 0. The molecule has 2 aromatic rings. The van der Waals surface area contributed by atoms with E-state index in [0.717, 1.165) is 0 Å². The summed E-state index contributed by atoms with van der Waals surface area (Å²) in [6, 6.07) is 5.86. The maximum Gasteiger partial charge on any atom is 0.341 e. The molecule has 22 heavy (non-hydrogen) atoms. The third kappa shape index (κ3) is 3.57. The molecule has 0 fully saturated rings. The van der Waals surface area contributed by atoms with Crippen molar-refractivity contribution in [3.05, 3.63) is 65.0 Å². The first-order valence-electron chi connectivity index (χ1n) is 5.50. The van der Waals surface area contributed by atoms with E-state index in [4.69, 9.17) is 5.11 Å². The fraction of sp³-hybridized carbons (Fsp3) is 0. The Labute approximate surface area is 120 Å². The molecule has 0 unspecified atom stereocenters. The van der Waals surface area contributed by atoms with Crippen molar-refractivity contribution in [2.45, 2.75) is 0 Å². The number of carboxylic acid groups (broad SMARTS) is 2. The Bertz CT molecular complexity index is 606. The first-order chi connectivity index (χ1) is 10.3. The maximum absolute atomic E-state index is 12.9. The highest BCUT2D eigenvalue weighted by molar-refractivity contribution is 5.92. The number of nitrogens with one attached hydrogen (secondary N) is 1. The summed E-state index contributed by atoms with van der Waals surface area (Å²) in [5, 5.41) is 18.4. The van der Waals surface area contributed by atoms with Crippen molar-refractivity contribution in [1.82, 2.24) is 0 Å². The SMILES string of the molecule is O=C([O-])c1c(F)c(F)c(C(=O)O)c(F)c1F.c1cc[nH+]cc1. The largest absolute Gasteiger partial charge is 0.545 e. The van der Waals surface area contributed by atoms with E-state index in [-0.39, 0.29) is 0 Å². The second-order valence-electron chi connectivity index (χ2n) is 3.68. The van der Waals surface area contributed by atoms with Gasteiger partial charge in [-0.1, -0.05) is 6.07 Å². The number of hydrogen-bond donors (Lipinski definition) is 1. The second-order valence-corrected chi connectivity index (χ2v) is 3.68. The van der Waals surface area contributed by atoms with Crippen LogP contribution in [-0.4, -0.2) is 17.0 Å². The minimum atomic E-state index is -2.50. The molecule has 0 saturated heterocycles. The third-order valence-electron chi connectivity index (χ3n) is 2.29. The van der Waals surface area contributed by atoms with Gasteiger partial charge in [-0.25, -0.2) is 27.3 Å². The van der Waals surface area contributed by atoms with Crippen molar-refractivity contribution in [2.24, 2.45) is 0 Å². The van der Waals surface area contributed by atoms with Crippen LogP contribution in [-0.2, 0) is 0 Å². The number of carbonyl (C=O) groups is 2. The van der Waals surface area contributed by atoms with Crippen LogP contribution in [0.1, 0.15) is 20.7 Å². The molecule has 9 heteroatoms. The van der Waals surface area contributed by atoms with Crippen molar-refractivity contribution >= 4 is 11.9 Å². The summed E-state index contributed by atoms with van der Waals surface area (Å²) in [4.78, 5) is 23.3. The van der Waals surface area contributed by atoms with E-state index in [1.165, 1.54) is 0 Å². The molecule has 2 rings (SSSR count). The van der Waals surface area contributed by atoms with Crippen molar-refractivity contribution in [3.8, 4) is 0 Å². The quantitative estimate of drug-likeness (QED) is 0.655. The zero-order valence-corrected chi connectivity index (χ0v) is 10.6. The van der Waals surface area contributed by atoms with Gasteiger partial charge in [-0.3, -0.25) is 0 Å². The van der Waals surface area contributed by atoms with Gasteiger partial charge in [0.15, 0.2) is 35.7 Å². The summed E-state index contributed by atoms with van der Waals surface area (Å²) >= 11 is 0. The van der Waals surface area contributed by atoms with E-state index >= 15 is 0 Å². The first-order valence-corrected chi connectivity index (χ1v) is 5.50. The van der Waals surface area contributed by atoms with Crippen molar-refractivity contribution in [1.29, 1.82) is 0 Å². The van der Waals surface area contributed by atoms with Crippen LogP contribution >= 0.6 is 0 Å². The predicted molar refractivity (Wildman–Crippen MR) is 60.6 cm³/mol. The van der Waals surface area contributed by atoms with Crippen LogP contribution in [0.4, 0.5) is 17.6 Å². The molecule has 0 aliphatic carbocycles. The number of aromatic amines is 1. The Kier molecular flexibility index (Phi) is 5.56. The lowest BCUT2D eigenvalue weighted by Crippen LogP contribution is -2.27. The van der Waals surface area contributed by atoms with Gasteiger partial charge < -0.3 is 15.0 Å². The average Bonchev–Trinajstić information content (AvgIpc) is 2.47. The molecule has 5 nitrogen and oxygen atoms in total. The summed E-state index contributed by atoms with van der Waals surface area (Å²) in [7, 11) is 0. The van der Waals surface area contributed by atoms with E-state index in [9.17, 15) is 32.3 Å².